The van der Waals surface area contributed by atoms with E-state index in [2.05, 4.69) is 5.32 Å². The molecule has 1 amide bonds. The molecule has 3 heteroatoms. The van der Waals surface area contributed by atoms with Crippen LogP contribution in [0.4, 0.5) is 0 Å². The number of carbonyl (C=O) groups is 2. The predicted octanol–water partition coefficient (Wildman–Crippen LogP) is -0.289. The van der Waals surface area contributed by atoms with Crippen molar-refractivity contribution in [1.82, 2.24) is 5.32 Å². The van der Waals surface area contributed by atoms with Crippen LogP contribution in [-0.4, -0.2) is 18.7 Å². The van der Waals surface area contributed by atoms with Crippen molar-refractivity contribution < 1.29 is 9.59 Å². The topological polar surface area (TPSA) is 46.2 Å². The zero-order chi connectivity index (χ0) is 6.41. The summed E-state index contributed by atoms with van der Waals surface area (Å²) >= 11 is 0. The summed E-state index contributed by atoms with van der Waals surface area (Å²) < 4.78 is 0. The van der Waals surface area contributed by atoms with Crippen LogP contribution in [0.3, 0.4) is 0 Å². The lowest BCUT2D eigenvalue weighted by Gasteiger charge is -1.93. The van der Waals surface area contributed by atoms with E-state index in [1.165, 1.54) is 0 Å². The summed E-state index contributed by atoms with van der Waals surface area (Å²) in [4.78, 5) is 19.9. The largest absolute Gasteiger partial charge is 0.356 e. The zero-order valence-electron chi connectivity index (χ0n) is 4.81. The fourth-order valence-corrected chi connectivity index (χ4v) is 0.345. The maximum Gasteiger partial charge on any atom is 0.227 e. The maximum atomic E-state index is 10.3. The lowest BCUT2D eigenvalue weighted by Crippen LogP contribution is -2.22. The molecule has 0 unspecified atom stereocenters. The van der Waals surface area contributed by atoms with Crippen LogP contribution >= 0.6 is 0 Å². The van der Waals surface area contributed by atoms with Crippen molar-refractivity contribution in [2.45, 2.75) is 13.3 Å². The third kappa shape index (κ3) is 3.33. The maximum absolute atomic E-state index is 10.3. The molecule has 0 aliphatic carbocycles. The molecule has 0 aromatic carbocycles. The van der Waals surface area contributed by atoms with Crippen LogP contribution < -0.4 is 5.32 Å². The van der Waals surface area contributed by atoms with Gasteiger partial charge in [-0.25, -0.2) is 0 Å². The van der Waals surface area contributed by atoms with E-state index in [9.17, 15) is 9.59 Å². The molecule has 0 spiro atoms. The first-order chi connectivity index (χ1) is 3.81. The smallest absolute Gasteiger partial charge is 0.227 e. The summed E-state index contributed by atoms with van der Waals surface area (Å²) in [6, 6.07) is 0. The molecule has 0 atom stereocenters. The number of hydrogen-bond acceptors (Lipinski definition) is 2. The van der Waals surface area contributed by atoms with Gasteiger partial charge in [-0.1, -0.05) is 0 Å². The van der Waals surface area contributed by atoms with Gasteiger partial charge in [-0.2, -0.15) is 0 Å². The monoisotopic (exact) mass is 115 g/mol. The Morgan fingerprint density at radius 3 is 2.75 bits per heavy atom. The first kappa shape index (κ1) is 7.14. The Balaban J connectivity index is 3.18. The Kier molecular flexibility index (Phi) is 3.84. The number of amides is 1. The second kappa shape index (κ2) is 4.30. The first-order valence-corrected chi connectivity index (χ1v) is 2.51. The SMILES string of the molecule is CCNC(=O)CC=O. The van der Waals surface area contributed by atoms with Crippen LogP contribution in [0.15, 0.2) is 0 Å². The van der Waals surface area contributed by atoms with Crippen LogP contribution in [0, 0.1) is 0 Å². The summed E-state index contributed by atoms with van der Waals surface area (Å²) in [5.74, 6) is -0.206. The van der Waals surface area contributed by atoms with Gasteiger partial charge in [0.2, 0.25) is 5.91 Å². The van der Waals surface area contributed by atoms with Crippen molar-refractivity contribution in [2.24, 2.45) is 0 Å². The third-order valence-corrected chi connectivity index (χ3v) is 0.643. The van der Waals surface area contributed by atoms with Gasteiger partial charge in [0.1, 0.15) is 6.29 Å². The van der Waals surface area contributed by atoms with Gasteiger partial charge in [0.05, 0.1) is 6.42 Å². The van der Waals surface area contributed by atoms with Crippen molar-refractivity contribution in [2.75, 3.05) is 6.54 Å². The molecular formula is C5H9NO2. The molecule has 0 heterocycles. The van der Waals surface area contributed by atoms with Crippen LogP contribution in [0.1, 0.15) is 13.3 Å². The minimum Gasteiger partial charge on any atom is -0.356 e. The molecule has 0 saturated carbocycles. The van der Waals surface area contributed by atoms with Gasteiger partial charge in [-0.3, -0.25) is 4.79 Å². The van der Waals surface area contributed by atoms with Crippen LogP contribution in [0.25, 0.3) is 0 Å². The molecule has 0 bridgehead atoms. The van der Waals surface area contributed by atoms with Crippen molar-refractivity contribution in [3.05, 3.63) is 0 Å². The van der Waals surface area contributed by atoms with Gasteiger partial charge in [0.25, 0.3) is 0 Å². The number of rotatable bonds is 3. The zero-order valence-corrected chi connectivity index (χ0v) is 4.81. The van der Waals surface area contributed by atoms with Crippen LogP contribution in [-0.2, 0) is 9.59 Å². The molecule has 0 aliphatic heterocycles. The van der Waals surface area contributed by atoms with Crippen LogP contribution in [0.2, 0.25) is 0 Å². The molecule has 0 aromatic rings. The Morgan fingerprint density at radius 2 is 2.38 bits per heavy atom. The van der Waals surface area contributed by atoms with Crippen molar-refractivity contribution in [1.29, 1.82) is 0 Å². The number of nitrogens with one attached hydrogen (secondary N) is 1. The molecule has 0 radical (unpaired) electrons. The van der Waals surface area contributed by atoms with Gasteiger partial charge in [-0.05, 0) is 6.92 Å². The molecular weight excluding hydrogens is 106 g/mol. The van der Waals surface area contributed by atoms with E-state index in [0.29, 0.717) is 12.8 Å². The van der Waals surface area contributed by atoms with Crippen molar-refractivity contribution in [3.8, 4) is 0 Å². The summed E-state index contributed by atoms with van der Waals surface area (Å²) in [5, 5.41) is 2.48. The lowest BCUT2D eigenvalue weighted by molar-refractivity contribution is -0.123. The van der Waals surface area contributed by atoms with E-state index in [1.807, 2.05) is 6.92 Å². The Hall–Kier alpha value is -0.860. The second-order valence-corrected chi connectivity index (χ2v) is 1.32. The van der Waals surface area contributed by atoms with E-state index in [4.69, 9.17) is 0 Å². The van der Waals surface area contributed by atoms with Crippen molar-refractivity contribution in [3.63, 3.8) is 0 Å². The highest BCUT2D eigenvalue weighted by atomic mass is 16.2. The fourth-order valence-electron chi connectivity index (χ4n) is 0.345. The number of carbonyl (C=O) groups excluding carboxylic acids is 2. The molecule has 3 nitrogen and oxygen atoms in total. The Morgan fingerprint density at radius 1 is 1.75 bits per heavy atom. The quantitative estimate of drug-likeness (QED) is 0.406. The minimum absolute atomic E-state index is 0.0200. The highest BCUT2D eigenvalue weighted by Gasteiger charge is 1.93. The molecule has 46 valence electrons. The normalized spacial score (nSPS) is 8.12. The van der Waals surface area contributed by atoms with Crippen LogP contribution in [0.5, 0.6) is 0 Å². The predicted molar refractivity (Wildman–Crippen MR) is 29.4 cm³/mol. The third-order valence-electron chi connectivity index (χ3n) is 0.643. The van der Waals surface area contributed by atoms with E-state index in [1.54, 1.807) is 0 Å². The van der Waals surface area contributed by atoms with Crippen molar-refractivity contribution >= 4 is 12.2 Å². The fraction of sp³-hybridized carbons (Fsp3) is 0.600. The molecule has 0 saturated heterocycles. The van der Waals surface area contributed by atoms with Gasteiger partial charge < -0.3 is 10.1 Å². The second-order valence-electron chi connectivity index (χ2n) is 1.32. The van der Waals surface area contributed by atoms with E-state index in [0.717, 1.165) is 0 Å². The standard InChI is InChI=1S/C5H9NO2/c1-2-6-5(8)3-4-7/h4H,2-3H2,1H3,(H,6,8). The molecule has 1 N–H and O–H groups in total. The van der Waals surface area contributed by atoms with E-state index < -0.39 is 0 Å². The highest BCUT2D eigenvalue weighted by molar-refractivity contribution is 5.87. The molecule has 0 rings (SSSR count). The van der Waals surface area contributed by atoms with Gasteiger partial charge in [0, 0.05) is 6.54 Å². The summed E-state index contributed by atoms with van der Waals surface area (Å²) in [5.41, 5.74) is 0. The van der Waals surface area contributed by atoms with Gasteiger partial charge in [0.15, 0.2) is 0 Å². The van der Waals surface area contributed by atoms with Gasteiger partial charge >= 0.3 is 0 Å². The molecule has 8 heavy (non-hydrogen) atoms. The molecule has 0 aliphatic rings. The summed E-state index contributed by atoms with van der Waals surface area (Å²) in [7, 11) is 0. The van der Waals surface area contributed by atoms with Gasteiger partial charge in [-0.15, -0.1) is 0 Å². The first-order valence-electron chi connectivity index (χ1n) is 2.51. The average Bonchev–Trinajstić information content (AvgIpc) is 1.68. The number of aldehydes is 1. The minimum atomic E-state index is -0.206. The lowest BCUT2D eigenvalue weighted by atomic mass is 10.4. The number of hydrogen-bond donors (Lipinski definition) is 1. The average molecular weight is 115 g/mol. The van der Waals surface area contributed by atoms with E-state index in [-0.39, 0.29) is 12.3 Å². The Bertz CT molecular complexity index is 90.4. The summed E-state index contributed by atoms with van der Waals surface area (Å²) in [6.07, 6.45) is 0.568. The highest BCUT2D eigenvalue weighted by Crippen LogP contribution is 1.69. The molecule has 0 aromatic heterocycles. The Labute approximate surface area is 48.1 Å². The summed E-state index contributed by atoms with van der Waals surface area (Å²) in [6.45, 7) is 2.40. The molecule has 0 fully saturated rings. The van der Waals surface area contributed by atoms with E-state index >= 15 is 0 Å².